The van der Waals surface area contributed by atoms with E-state index in [0.29, 0.717) is 13.2 Å². The van der Waals surface area contributed by atoms with Crippen LogP contribution >= 0.6 is 0 Å². The molecule has 2 nitrogen and oxygen atoms in total. The van der Waals surface area contributed by atoms with Gasteiger partial charge in [0.2, 0.25) is 0 Å². The van der Waals surface area contributed by atoms with Gasteiger partial charge in [-0.05, 0) is 0 Å². The molecule has 1 aliphatic rings. The minimum atomic E-state index is 0. The molecule has 0 amide bonds. The molecule has 0 bridgehead atoms. The molecule has 12 heavy (non-hydrogen) atoms. The van der Waals surface area contributed by atoms with Crippen LogP contribution in [0.5, 0.6) is 0 Å². The van der Waals surface area contributed by atoms with E-state index in [4.69, 9.17) is 10.5 Å². The fourth-order valence-corrected chi connectivity index (χ4v) is 1.34. The van der Waals surface area contributed by atoms with E-state index in [1.807, 2.05) is 13.0 Å². The first-order chi connectivity index (χ1) is 5.29. The van der Waals surface area contributed by atoms with Gasteiger partial charge in [-0.2, -0.15) is 12.1 Å². The van der Waals surface area contributed by atoms with Crippen molar-refractivity contribution in [3.8, 4) is 0 Å². The van der Waals surface area contributed by atoms with E-state index in [0.717, 1.165) is 16.8 Å². The quantitative estimate of drug-likeness (QED) is 0.430. The predicted molar refractivity (Wildman–Crippen MR) is 42.9 cm³/mol. The Bertz CT molecular complexity index is 299. The fourth-order valence-electron chi connectivity index (χ4n) is 1.34. The van der Waals surface area contributed by atoms with Gasteiger partial charge in [0.25, 0.3) is 0 Å². The minimum Gasteiger partial charge on any atom is -0.449 e. The largest absolute Gasteiger partial charge is 0.449 e. The van der Waals surface area contributed by atoms with Crippen LogP contribution in [0.3, 0.4) is 0 Å². The second kappa shape index (κ2) is 3.55. The third kappa shape index (κ3) is 1.39. The molecule has 2 N–H and O–H groups in total. The van der Waals surface area contributed by atoms with E-state index in [1.54, 1.807) is 0 Å². The number of benzene rings is 1. The molecule has 1 aromatic carbocycles. The SMILES string of the molecule is Cc1c(N)c[c-]c2c1COC2.[Rh]. The van der Waals surface area contributed by atoms with Crippen LogP contribution in [0.15, 0.2) is 6.07 Å². The van der Waals surface area contributed by atoms with Gasteiger partial charge in [0.15, 0.2) is 0 Å². The normalized spacial score (nSPS) is 13.8. The molecule has 67 valence electrons. The molecule has 0 aliphatic carbocycles. The van der Waals surface area contributed by atoms with Crippen LogP contribution in [-0.4, -0.2) is 0 Å². The number of hydrogen-bond acceptors (Lipinski definition) is 2. The van der Waals surface area contributed by atoms with Gasteiger partial charge in [0.1, 0.15) is 0 Å². The van der Waals surface area contributed by atoms with Gasteiger partial charge < -0.3 is 10.5 Å². The van der Waals surface area contributed by atoms with Crippen molar-refractivity contribution in [1.29, 1.82) is 0 Å². The molecule has 1 heterocycles. The Morgan fingerprint density at radius 3 is 3.00 bits per heavy atom. The molecule has 0 saturated carbocycles. The Morgan fingerprint density at radius 1 is 1.50 bits per heavy atom. The van der Waals surface area contributed by atoms with Gasteiger partial charge in [-0.1, -0.05) is 12.6 Å². The van der Waals surface area contributed by atoms with Gasteiger partial charge in [0.05, 0.1) is 0 Å². The zero-order valence-electron chi connectivity index (χ0n) is 6.81. The van der Waals surface area contributed by atoms with Crippen LogP contribution in [-0.2, 0) is 37.4 Å². The standard InChI is InChI=1S/C9H10NO.Rh/c1-6-8-5-11-4-7(8)2-3-9(6)10;/h3H,4-5,10H2,1H3;/q-1;. The molecular weight excluding hydrogens is 241 g/mol. The van der Waals surface area contributed by atoms with Gasteiger partial charge in [0, 0.05) is 32.7 Å². The van der Waals surface area contributed by atoms with Gasteiger partial charge in [-0.25, -0.2) is 0 Å². The zero-order chi connectivity index (χ0) is 7.84. The van der Waals surface area contributed by atoms with Crippen LogP contribution in [0.2, 0.25) is 0 Å². The van der Waals surface area contributed by atoms with E-state index < -0.39 is 0 Å². The summed E-state index contributed by atoms with van der Waals surface area (Å²) in [6.45, 7) is 3.41. The second-order valence-corrected chi connectivity index (χ2v) is 2.82. The third-order valence-corrected chi connectivity index (χ3v) is 2.14. The van der Waals surface area contributed by atoms with Crippen molar-refractivity contribution in [2.75, 3.05) is 5.73 Å². The summed E-state index contributed by atoms with van der Waals surface area (Å²) < 4.78 is 5.26. The van der Waals surface area contributed by atoms with Crippen molar-refractivity contribution in [2.45, 2.75) is 20.1 Å². The molecule has 0 atom stereocenters. The number of nitrogen functional groups attached to an aromatic ring is 1. The summed E-state index contributed by atoms with van der Waals surface area (Å²) in [6, 6.07) is 4.93. The summed E-state index contributed by atoms with van der Waals surface area (Å²) in [4.78, 5) is 0. The molecule has 2 rings (SSSR count). The molecule has 3 heteroatoms. The molecule has 1 radical (unpaired) electrons. The maximum absolute atomic E-state index is 5.71. The first-order valence-electron chi connectivity index (χ1n) is 3.65. The molecule has 1 aliphatic heterocycles. The Kier molecular flexibility index (Phi) is 2.86. The topological polar surface area (TPSA) is 35.2 Å². The van der Waals surface area contributed by atoms with Crippen molar-refractivity contribution in [3.63, 3.8) is 0 Å². The van der Waals surface area contributed by atoms with Crippen molar-refractivity contribution < 1.29 is 24.2 Å². The number of anilines is 1. The first-order valence-corrected chi connectivity index (χ1v) is 3.65. The second-order valence-electron chi connectivity index (χ2n) is 2.82. The van der Waals surface area contributed by atoms with Crippen molar-refractivity contribution in [3.05, 3.63) is 28.8 Å². The molecule has 1 aromatic rings. The number of hydrogen-bond donors (Lipinski definition) is 1. The van der Waals surface area contributed by atoms with E-state index >= 15 is 0 Å². The summed E-state index contributed by atoms with van der Waals surface area (Å²) in [5.41, 5.74) is 10.1. The molecule has 0 spiro atoms. The summed E-state index contributed by atoms with van der Waals surface area (Å²) in [5.74, 6) is 0. The molecule has 0 saturated heterocycles. The van der Waals surface area contributed by atoms with E-state index in [9.17, 15) is 0 Å². The third-order valence-electron chi connectivity index (χ3n) is 2.14. The van der Waals surface area contributed by atoms with Crippen LogP contribution in [0.4, 0.5) is 5.69 Å². The predicted octanol–water partition coefficient (Wildman–Crippen LogP) is 1.41. The average Bonchev–Trinajstić information content (AvgIpc) is 2.45. The summed E-state index contributed by atoms with van der Waals surface area (Å²) in [7, 11) is 0. The van der Waals surface area contributed by atoms with Crippen LogP contribution in [0, 0.1) is 13.0 Å². The van der Waals surface area contributed by atoms with Gasteiger partial charge >= 0.3 is 0 Å². The molecule has 0 fully saturated rings. The molecule has 0 unspecified atom stereocenters. The van der Waals surface area contributed by atoms with Crippen molar-refractivity contribution in [2.24, 2.45) is 0 Å². The van der Waals surface area contributed by atoms with Crippen molar-refractivity contribution in [1.82, 2.24) is 0 Å². The van der Waals surface area contributed by atoms with Gasteiger partial charge in [-0.3, -0.25) is 0 Å². The summed E-state index contributed by atoms with van der Waals surface area (Å²) >= 11 is 0. The maximum Gasteiger partial charge on any atom is 0.0486 e. The van der Waals surface area contributed by atoms with Crippen LogP contribution < -0.4 is 5.73 Å². The first kappa shape index (κ1) is 9.69. The number of rotatable bonds is 0. The van der Waals surface area contributed by atoms with Crippen molar-refractivity contribution >= 4 is 5.69 Å². The van der Waals surface area contributed by atoms with Crippen LogP contribution in [0.25, 0.3) is 0 Å². The van der Waals surface area contributed by atoms with E-state index in [2.05, 4.69) is 6.07 Å². The molecular formula is C9H10NORh-. The molecule has 0 aromatic heterocycles. The Morgan fingerprint density at radius 2 is 2.25 bits per heavy atom. The number of ether oxygens (including phenoxy) is 1. The average molecular weight is 251 g/mol. The Balaban J connectivity index is 0.000000720. The van der Waals surface area contributed by atoms with E-state index in [1.165, 1.54) is 5.56 Å². The summed E-state index contributed by atoms with van der Waals surface area (Å²) in [6.07, 6.45) is 0. The maximum atomic E-state index is 5.71. The fraction of sp³-hybridized carbons (Fsp3) is 0.333. The monoisotopic (exact) mass is 251 g/mol. The van der Waals surface area contributed by atoms with Gasteiger partial charge in [-0.15, -0.1) is 16.7 Å². The van der Waals surface area contributed by atoms with Crippen LogP contribution in [0.1, 0.15) is 16.7 Å². The number of nitrogens with two attached hydrogens (primary N) is 1. The Labute approximate surface area is 84.9 Å². The number of fused-ring (bicyclic) bond motifs is 1. The Hall–Kier alpha value is -0.397. The zero-order valence-corrected chi connectivity index (χ0v) is 8.45. The minimum absolute atomic E-state index is 0. The summed E-state index contributed by atoms with van der Waals surface area (Å²) in [5, 5.41) is 0. The smallest absolute Gasteiger partial charge is 0.0486 e. The van der Waals surface area contributed by atoms with E-state index in [-0.39, 0.29) is 19.5 Å².